The molecule has 3 atom stereocenters. The molecule has 0 radical (unpaired) electrons. The summed E-state index contributed by atoms with van der Waals surface area (Å²) in [5.41, 5.74) is 0. The predicted molar refractivity (Wildman–Crippen MR) is 44.8 cm³/mol. The van der Waals surface area contributed by atoms with Gasteiger partial charge >= 0.3 is 87.3 Å². The molecule has 68 valence electrons. The first-order chi connectivity index (χ1) is 5.79. The second kappa shape index (κ2) is 5.56. The van der Waals surface area contributed by atoms with Gasteiger partial charge in [0.1, 0.15) is 0 Å². The van der Waals surface area contributed by atoms with E-state index in [0.717, 1.165) is 19.3 Å². The van der Waals surface area contributed by atoms with Crippen molar-refractivity contribution in [3.63, 3.8) is 0 Å². The van der Waals surface area contributed by atoms with Gasteiger partial charge in [-0.3, -0.25) is 0 Å². The fourth-order valence-electron chi connectivity index (χ4n) is 2.21. The van der Waals surface area contributed by atoms with Crippen LogP contribution in [0.1, 0.15) is 19.3 Å². The van der Waals surface area contributed by atoms with E-state index in [0.29, 0.717) is 12.0 Å². The molecule has 0 aromatic carbocycles. The zero-order valence-electron chi connectivity index (χ0n) is 8.12. The maximum atomic E-state index is 9.76. The number of rotatable bonds is 3. The Hall–Kier alpha value is 0.855. The number of methoxy groups -OCH3 is 1. The normalized spacial score (nSPS) is 36.1. The molecule has 0 spiro atoms. The van der Waals surface area contributed by atoms with Crippen LogP contribution in [-0.2, 0) is 29.3 Å². The van der Waals surface area contributed by atoms with E-state index in [1.807, 2.05) is 0 Å². The minimum absolute atomic E-state index is 0.0661. The molecule has 0 aromatic rings. The third-order valence-electron chi connectivity index (χ3n) is 2.89. The second-order valence-electron chi connectivity index (χ2n) is 3.72. The molecule has 1 rings (SSSR count). The van der Waals surface area contributed by atoms with Crippen molar-refractivity contribution < 1.29 is 34.4 Å². The van der Waals surface area contributed by atoms with Crippen LogP contribution in [0.4, 0.5) is 0 Å². The molecule has 0 unspecified atom stereocenters. The van der Waals surface area contributed by atoms with Crippen molar-refractivity contribution in [3.05, 3.63) is 0 Å². The molecular formula is C9H18HgO2. The fraction of sp³-hybridized carbons (Fsp3) is 1.00. The molecule has 1 aliphatic carbocycles. The average molecular weight is 359 g/mol. The first kappa shape index (κ1) is 10.9. The average Bonchev–Trinajstić information content (AvgIpc) is 2.09. The minimum atomic E-state index is -0.594. The van der Waals surface area contributed by atoms with Crippen molar-refractivity contribution in [1.82, 2.24) is 0 Å². The molecule has 1 N–H and O–H groups in total. The van der Waals surface area contributed by atoms with Crippen LogP contribution in [-0.4, -0.2) is 24.4 Å². The predicted octanol–water partition coefficient (Wildman–Crippen LogP) is 1.71. The Kier molecular flexibility index (Phi) is 5.06. The van der Waals surface area contributed by atoms with E-state index in [9.17, 15) is 5.11 Å². The molecule has 2 nitrogen and oxygen atoms in total. The number of aliphatic hydroxyl groups is 1. The van der Waals surface area contributed by atoms with Crippen molar-refractivity contribution in [2.75, 3.05) is 7.11 Å². The number of ether oxygens (including phenoxy) is 1. The molecule has 0 heterocycles. The number of hydrogen-bond donors (Lipinski definition) is 1. The molecule has 0 aliphatic heterocycles. The van der Waals surface area contributed by atoms with E-state index >= 15 is 0 Å². The van der Waals surface area contributed by atoms with E-state index in [1.165, 1.54) is 3.93 Å². The van der Waals surface area contributed by atoms with Gasteiger partial charge in [-0.25, -0.2) is 0 Å². The maximum absolute atomic E-state index is 9.76. The van der Waals surface area contributed by atoms with E-state index in [1.54, 1.807) is 7.11 Å². The third-order valence-corrected chi connectivity index (χ3v) is 7.72. The Labute approximate surface area is 87.1 Å². The SMILES string of the molecule is CO[C@@H]1CCC[C@H](O)[C@@H]1[CH2][Hg][CH3]. The van der Waals surface area contributed by atoms with E-state index in [-0.39, 0.29) is 6.10 Å². The van der Waals surface area contributed by atoms with Gasteiger partial charge in [0.05, 0.1) is 0 Å². The monoisotopic (exact) mass is 360 g/mol. The van der Waals surface area contributed by atoms with Gasteiger partial charge in [0.2, 0.25) is 0 Å². The molecule has 1 aliphatic rings. The van der Waals surface area contributed by atoms with Gasteiger partial charge in [0, 0.05) is 0 Å². The van der Waals surface area contributed by atoms with Crippen LogP contribution in [0.2, 0.25) is 8.36 Å². The Morgan fingerprint density at radius 3 is 2.83 bits per heavy atom. The summed E-state index contributed by atoms with van der Waals surface area (Å²) in [4.78, 5) is 0. The summed E-state index contributed by atoms with van der Waals surface area (Å²) < 4.78 is 9.10. The van der Waals surface area contributed by atoms with Crippen LogP contribution >= 0.6 is 0 Å². The van der Waals surface area contributed by atoms with Crippen molar-refractivity contribution in [1.29, 1.82) is 0 Å². The zero-order valence-corrected chi connectivity index (χ0v) is 13.6. The third kappa shape index (κ3) is 2.67. The summed E-state index contributed by atoms with van der Waals surface area (Å²) in [5, 5.41) is 9.76. The summed E-state index contributed by atoms with van der Waals surface area (Å²) in [6.07, 6.45) is 3.58. The van der Waals surface area contributed by atoms with Gasteiger partial charge < -0.3 is 0 Å². The first-order valence-electron chi connectivity index (χ1n) is 5.00. The van der Waals surface area contributed by atoms with Gasteiger partial charge in [-0.15, -0.1) is 0 Å². The Morgan fingerprint density at radius 2 is 2.25 bits per heavy atom. The van der Waals surface area contributed by atoms with Crippen LogP contribution in [0.3, 0.4) is 0 Å². The van der Waals surface area contributed by atoms with Crippen LogP contribution in [0.5, 0.6) is 0 Å². The summed E-state index contributed by atoms with van der Waals surface area (Å²) in [5.74, 6) is 0.482. The molecule has 0 saturated heterocycles. The summed E-state index contributed by atoms with van der Waals surface area (Å²) in [6.45, 7) is 0. The van der Waals surface area contributed by atoms with Crippen LogP contribution in [0.15, 0.2) is 0 Å². The van der Waals surface area contributed by atoms with E-state index in [2.05, 4.69) is 4.43 Å². The van der Waals surface area contributed by atoms with Gasteiger partial charge in [-0.05, 0) is 0 Å². The molecule has 1 fully saturated rings. The number of hydrogen-bond acceptors (Lipinski definition) is 2. The Balaban J connectivity index is 2.47. The molecule has 1 saturated carbocycles. The van der Waals surface area contributed by atoms with Crippen molar-refractivity contribution >= 4 is 0 Å². The van der Waals surface area contributed by atoms with Gasteiger partial charge in [-0.1, -0.05) is 0 Å². The van der Waals surface area contributed by atoms with Crippen LogP contribution in [0, 0.1) is 5.92 Å². The van der Waals surface area contributed by atoms with Crippen molar-refractivity contribution in [2.24, 2.45) is 5.92 Å². The van der Waals surface area contributed by atoms with Gasteiger partial charge in [0.15, 0.2) is 0 Å². The summed E-state index contributed by atoms with van der Waals surface area (Å²) in [6, 6.07) is 0. The number of aliphatic hydroxyl groups excluding tert-OH is 1. The quantitative estimate of drug-likeness (QED) is 0.778. The molecular weight excluding hydrogens is 341 g/mol. The Morgan fingerprint density at radius 1 is 1.50 bits per heavy atom. The van der Waals surface area contributed by atoms with E-state index < -0.39 is 24.6 Å². The Bertz CT molecular complexity index is 130. The summed E-state index contributed by atoms with van der Waals surface area (Å²) in [7, 11) is 1.78. The molecule has 0 aromatic heterocycles. The molecule has 3 heteroatoms. The van der Waals surface area contributed by atoms with E-state index in [4.69, 9.17) is 4.74 Å². The van der Waals surface area contributed by atoms with Gasteiger partial charge in [0.25, 0.3) is 0 Å². The van der Waals surface area contributed by atoms with Crippen molar-refractivity contribution in [3.8, 4) is 0 Å². The van der Waals surface area contributed by atoms with Gasteiger partial charge in [-0.2, -0.15) is 0 Å². The zero-order chi connectivity index (χ0) is 8.97. The second-order valence-corrected chi connectivity index (χ2v) is 9.86. The standard InChI is InChI=1S/C8H15O2.CH3.Hg/c1-6-7(9)4-3-5-8(6)10-2;;/h6-9H,1,3-5H2,2H3;1H3;/t6-,7-,8+;;/m0../s1. The molecule has 0 bridgehead atoms. The van der Waals surface area contributed by atoms with Crippen LogP contribution in [0.25, 0.3) is 0 Å². The summed E-state index contributed by atoms with van der Waals surface area (Å²) >= 11 is -0.594. The molecule has 12 heavy (non-hydrogen) atoms. The molecule has 0 amide bonds. The first-order valence-corrected chi connectivity index (χ1v) is 14.4. The fourth-order valence-corrected chi connectivity index (χ4v) is 7.74. The topological polar surface area (TPSA) is 29.5 Å². The van der Waals surface area contributed by atoms with Crippen LogP contribution < -0.4 is 0 Å². The van der Waals surface area contributed by atoms with Crippen molar-refractivity contribution in [2.45, 2.75) is 39.8 Å².